The number of carbonyl (C=O) groups is 2. The van der Waals surface area contributed by atoms with Gasteiger partial charge in [0.1, 0.15) is 11.6 Å². The van der Waals surface area contributed by atoms with Crippen LogP contribution in [0.1, 0.15) is 63.1 Å². The van der Waals surface area contributed by atoms with Crippen LogP contribution in [0.5, 0.6) is 0 Å². The number of nitrogens with zero attached hydrogens (tertiary/aromatic N) is 1. The number of amides is 1. The Labute approximate surface area is 213 Å². The molecule has 0 unspecified atom stereocenters. The van der Waals surface area contributed by atoms with Gasteiger partial charge < -0.3 is 10.4 Å². The van der Waals surface area contributed by atoms with Crippen molar-refractivity contribution in [3.63, 3.8) is 0 Å². The summed E-state index contributed by atoms with van der Waals surface area (Å²) >= 11 is 0. The Bertz CT molecular complexity index is 1190. The fraction of sp³-hybridized carbons (Fsp3) is 0.464. The molecule has 0 aromatic heterocycles. The average Bonchev–Trinajstić information content (AvgIpc) is 3.77. The van der Waals surface area contributed by atoms with Crippen LogP contribution >= 0.6 is 0 Å². The number of aliphatic carboxylic acids is 1. The zero-order chi connectivity index (χ0) is 27.0. The van der Waals surface area contributed by atoms with E-state index in [1.54, 1.807) is 36.4 Å². The summed E-state index contributed by atoms with van der Waals surface area (Å²) in [6.07, 6.45) is -2.30. The van der Waals surface area contributed by atoms with Gasteiger partial charge in [-0.1, -0.05) is 62.4 Å². The number of nitriles is 1. The third-order valence-corrected chi connectivity index (χ3v) is 7.22. The van der Waals surface area contributed by atoms with Crippen LogP contribution in [0.15, 0.2) is 48.5 Å². The molecule has 2 aliphatic rings. The third kappa shape index (κ3) is 5.80. The lowest BCUT2D eigenvalue weighted by Gasteiger charge is -2.29. The first-order valence-electron chi connectivity index (χ1n) is 12.4. The molecular formula is C28H30F3N3O3. The molecule has 0 radical (unpaired) electrons. The standard InChI is InChI=1S/C28H30F3N3O3/c1-17(2)15-22(24(35)34-26(16-32)11-12-26)33-23(28(29,30)31)20-5-3-18(4-6-20)19-7-9-21(10-8-19)27(13-14-27)25(36)37/h3-10,17,22-23,33H,11-15H2,1-2H3,(H,34,35)(H,36,37)/t22-,23-/m0/s1. The largest absolute Gasteiger partial charge is 0.481 e. The molecule has 2 atom stereocenters. The summed E-state index contributed by atoms with van der Waals surface area (Å²) < 4.78 is 42.4. The lowest BCUT2D eigenvalue weighted by molar-refractivity contribution is -0.161. The number of nitrogens with one attached hydrogen (secondary N) is 2. The third-order valence-electron chi connectivity index (χ3n) is 7.22. The minimum absolute atomic E-state index is 0.0290. The number of carboxylic acids is 1. The van der Waals surface area contributed by atoms with E-state index in [0.29, 0.717) is 31.2 Å². The lowest BCUT2D eigenvalue weighted by atomic mass is 9.93. The number of carboxylic acid groups (broad SMARTS) is 1. The van der Waals surface area contributed by atoms with Gasteiger partial charge in [-0.2, -0.15) is 18.4 Å². The second kappa shape index (κ2) is 9.82. The first-order chi connectivity index (χ1) is 17.4. The highest BCUT2D eigenvalue weighted by Gasteiger charge is 2.51. The van der Waals surface area contributed by atoms with Crippen molar-refractivity contribution in [3.8, 4) is 17.2 Å². The van der Waals surface area contributed by atoms with Crippen molar-refractivity contribution >= 4 is 11.9 Å². The highest BCUT2D eigenvalue weighted by atomic mass is 19.4. The zero-order valence-electron chi connectivity index (χ0n) is 20.7. The van der Waals surface area contributed by atoms with E-state index in [-0.39, 0.29) is 17.9 Å². The van der Waals surface area contributed by atoms with Crippen molar-refractivity contribution in [1.82, 2.24) is 10.6 Å². The average molecular weight is 514 g/mol. The molecular weight excluding hydrogens is 483 g/mol. The van der Waals surface area contributed by atoms with E-state index in [0.717, 1.165) is 11.1 Å². The zero-order valence-corrected chi connectivity index (χ0v) is 20.7. The van der Waals surface area contributed by atoms with Crippen molar-refractivity contribution in [2.45, 2.75) is 75.2 Å². The molecule has 0 saturated heterocycles. The highest BCUT2D eigenvalue weighted by molar-refractivity contribution is 5.85. The summed E-state index contributed by atoms with van der Waals surface area (Å²) in [6, 6.07) is 11.9. The number of rotatable bonds is 10. The number of halogens is 3. The maximum Gasteiger partial charge on any atom is 0.407 e. The van der Waals surface area contributed by atoms with E-state index < -0.39 is 41.1 Å². The van der Waals surface area contributed by atoms with Crippen LogP contribution in [0.4, 0.5) is 13.2 Å². The van der Waals surface area contributed by atoms with Crippen LogP contribution in [-0.2, 0) is 15.0 Å². The number of carbonyl (C=O) groups excluding carboxylic acids is 1. The molecule has 4 rings (SSSR count). The predicted molar refractivity (Wildman–Crippen MR) is 131 cm³/mol. The quantitative estimate of drug-likeness (QED) is 0.403. The molecule has 0 spiro atoms. The second-order valence-electron chi connectivity index (χ2n) is 10.6. The SMILES string of the molecule is CC(C)C[C@H](N[C@@H](c1ccc(-c2ccc(C3(C(=O)O)CC3)cc2)cc1)C(F)(F)F)C(=O)NC1(C#N)CC1. The summed E-state index contributed by atoms with van der Waals surface area (Å²) in [6.45, 7) is 3.65. The molecule has 2 fully saturated rings. The Morgan fingerprint density at radius 3 is 1.95 bits per heavy atom. The number of alkyl halides is 3. The fourth-order valence-electron chi connectivity index (χ4n) is 4.62. The molecule has 3 N–H and O–H groups in total. The predicted octanol–water partition coefficient (Wildman–Crippen LogP) is 5.25. The molecule has 2 aromatic rings. The molecule has 196 valence electrons. The molecule has 2 saturated carbocycles. The maximum absolute atomic E-state index is 14.1. The van der Waals surface area contributed by atoms with Crippen LogP contribution in [0.3, 0.4) is 0 Å². The molecule has 1 amide bonds. The van der Waals surface area contributed by atoms with Gasteiger partial charge in [0, 0.05) is 0 Å². The van der Waals surface area contributed by atoms with E-state index in [1.165, 1.54) is 12.1 Å². The van der Waals surface area contributed by atoms with Crippen LogP contribution in [0.2, 0.25) is 0 Å². The molecule has 0 bridgehead atoms. The van der Waals surface area contributed by atoms with Gasteiger partial charge in [0.2, 0.25) is 5.91 Å². The van der Waals surface area contributed by atoms with E-state index in [1.807, 2.05) is 19.9 Å². The van der Waals surface area contributed by atoms with Crippen LogP contribution in [0, 0.1) is 17.2 Å². The van der Waals surface area contributed by atoms with Gasteiger partial charge in [0.15, 0.2) is 0 Å². The van der Waals surface area contributed by atoms with E-state index in [4.69, 9.17) is 0 Å². The van der Waals surface area contributed by atoms with Crippen LogP contribution in [-0.4, -0.2) is 34.7 Å². The Morgan fingerprint density at radius 2 is 1.54 bits per heavy atom. The topological polar surface area (TPSA) is 102 Å². The monoisotopic (exact) mass is 513 g/mol. The van der Waals surface area contributed by atoms with Gasteiger partial charge in [-0.3, -0.25) is 14.9 Å². The molecule has 2 aromatic carbocycles. The van der Waals surface area contributed by atoms with Crippen molar-refractivity contribution in [2.75, 3.05) is 0 Å². The summed E-state index contributed by atoms with van der Waals surface area (Å²) in [5.74, 6) is -1.50. The van der Waals surface area contributed by atoms with E-state index in [9.17, 15) is 33.1 Å². The van der Waals surface area contributed by atoms with Crippen molar-refractivity contribution in [3.05, 3.63) is 59.7 Å². The lowest BCUT2D eigenvalue weighted by Crippen LogP contribution is -2.52. The van der Waals surface area contributed by atoms with E-state index in [2.05, 4.69) is 10.6 Å². The Kier molecular flexibility index (Phi) is 7.08. The molecule has 0 aliphatic heterocycles. The summed E-state index contributed by atoms with van der Waals surface area (Å²) in [5.41, 5.74) is 0.356. The molecule has 6 nitrogen and oxygen atoms in total. The highest BCUT2D eigenvalue weighted by Crippen LogP contribution is 2.48. The second-order valence-corrected chi connectivity index (χ2v) is 10.6. The first-order valence-corrected chi connectivity index (χ1v) is 12.4. The van der Waals surface area contributed by atoms with Crippen LogP contribution < -0.4 is 10.6 Å². The Hall–Kier alpha value is -3.38. The Morgan fingerprint density at radius 1 is 1.00 bits per heavy atom. The first kappa shape index (κ1) is 26.7. The van der Waals surface area contributed by atoms with Gasteiger partial charge in [0.25, 0.3) is 0 Å². The summed E-state index contributed by atoms with van der Waals surface area (Å²) in [4.78, 5) is 24.4. The smallest absolute Gasteiger partial charge is 0.407 e. The minimum Gasteiger partial charge on any atom is -0.481 e. The normalized spacial score (nSPS) is 18.9. The van der Waals surface area contributed by atoms with Crippen molar-refractivity contribution in [1.29, 1.82) is 5.26 Å². The number of hydrogen-bond acceptors (Lipinski definition) is 4. The van der Waals surface area contributed by atoms with Gasteiger partial charge in [-0.25, -0.2) is 0 Å². The summed E-state index contributed by atoms with van der Waals surface area (Å²) in [5, 5.41) is 23.9. The van der Waals surface area contributed by atoms with Gasteiger partial charge in [-0.15, -0.1) is 0 Å². The van der Waals surface area contributed by atoms with Gasteiger partial charge >= 0.3 is 12.1 Å². The number of hydrogen-bond donors (Lipinski definition) is 3. The van der Waals surface area contributed by atoms with Crippen molar-refractivity contribution < 1.29 is 27.9 Å². The Balaban J connectivity index is 1.53. The summed E-state index contributed by atoms with van der Waals surface area (Å²) in [7, 11) is 0. The molecule has 9 heteroatoms. The van der Waals surface area contributed by atoms with Gasteiger partial charge in [0.05, 0.1) is 17.5 Å². The van der Waals surface area contributed by atoms with E-state index >= 15 is 0 Å². The molecule has 0 heterocycles. The maximum atomic E-state index is 14.1. The molecule has 2 aliphatic carbocycles. The van der Waals surface area contributed by atoms with Gasteiger partial charge in [-0.05, 0) is 60.3 Å². The molecule has 37 heavy (non-hydrogen) atoms. The number of benzene rings is 2. The fourth-order valence-corrected chi connectivity index (χ4v) is 4.62. The van der Waals surface area contributed by atoms with Crippen LogP contribution in [0.25, 0.3) is 11.1 Å². The minimum atomic E-state index is -4.65. The van der Waals surface area contributed by atoms with Crippen molar-refractivity contribution in [2.24, 2.45) is 5.92 Å².